The predicted octanol–water partition coefficient (Wildman–Crippen LogP) is 3.72. The Kier molecular flexibility index (Phi) is 4.59. The fourth-order valence-electron chi connectivity index (χ4n) is 2.00. The van der Waals surface area contributed by atoms with Crippen molar-refractivity contribution in [2.24, 2.45) is 0 Å². The Morgan fingerprint density at radius 3 is 2.62 bits per heavy atom. The highest BCUT2D eigenvalue weighted by molar-refractivity contribution is 5.36. The van der Waals surface area contributed by atoms with Crippen LogP contribution in [0, 0.1) is 21.7 Å². The van der Waals surface area contributed by atoms with Gasteiger partial charge in [-0.25, -0.2) is 4.39 Å². The molecule has 0 unspecified atom stereocenters. The summed E-state index contributed by atoms with van der Waals surface area (Å²) < 4.78 is 27.0. The van der Waals surface area contributed by atoms with Crippen molar-refractivity contribution < 1.29 is 13.7 Å². The monoisotopic (exact) mass is 292 g/mol. The summed E-state index contributed by atoms with van der Waals surface area (Å²) in [5, 5.41) is 13.7. The van der Waals surface area contributed by atoms with Gasteiger partial charge in [-0.3, -0.25) is 10.1 Å². The first kappa shape index (κ1) is 15.1. The molecule has 6 heteroatoms. The summed E-state index contributed by atoms with van der Waals surface area (Å²) in [6.45, 7) is 1.93. The third-order valence-electron chi connectivity index (χ3n) is 3.20. The standard InChI is InChI=1S/C15H14F2N2O2/c1-10(11-4-2-6-13(16)8-11)18-9-12-5-3-7-14(15(12)17)19(20)21/h2-8,10,18H,9H2,1H3/t10-/m1/s1. The van der Waals surface area contributed by atoms with E-state index < -0.39 is 16.4 Å². The predicted molar refractivity (Wildman–Crippen MR) is 74.7 cm³/mol. The van der Waals surface area contributed by atoms with Crippen LogP contribution in [0.1, 0.15) is 24.1 Å². The van der Waals surface area contributed by atoms with Gasteiger partial charge in [0.15, 0.2) is 0 Å². The molecule has 1 N–H and O–H groups in total. The Balaban J connectivity index is 2.10. The van der Waals surface area contributed by atoms with E-state index in [-0.39, 0.29) is 24.0 Å². The molecule has 2 aromatic carbocycles. The highest BCUT2D eigenvalue weighted by Crippen LogP contribution is 2.21. The van der Waals surface area contributed by atoms with E-state index in [0.29, 0.717) is 0 Å². The fourth-order valence-corrected chi connectivity index (χ4v) is 2.00. The number of nitro benzene ring substituents is 1. The first-order valence-electron chi connectivity index (χ1n) is 6.39. The van der Waals surface area contributed by atoms with Crippen molar-refractivity contribution in [2.75, 3.05) is 0 Å². The fraction of sp³-hybridized carbons (Fsp3) is 0.200. The van der Waals surface area contributed by atoms with E-state index in [4.69, 9.17) is 0 Å². The Morgan fingerprint density at radius 2 is 1.95 bits per heavy atom. The zero-order valence-electron chi connectivity index (χ0n) is 11.3. The van der Waals surface area contributed by atoms with Gasteiger partial charge < -0.3 is 5.32 Å². The second-order valence-corrected chi connectivity index (χ2v) is 4.66. The summed E-state index contributed by atoms with van der Waals surface area (Å²) in [6, 6.07) is 9.91. The summed E-state index contributed by atoms with van der Waals surface area (Å²) in [6.07, 6.45) is 0. The van der Waals surface area contributed by atoms with E-state index in [1.165, 1.54) is 24.3 Å². The molecule has 0 heterocycles. The first-order chi connectivity index (χ1) is 9.99. The van der Waals surface area contributed by atoms with Gasteiger partial charge >= 0.3 is 5.69 Å². The van der Waals surface area contributed by atoms with Gasteiger partial charge in [0.25, 0.3) is 0 Å². The average Bonchev–Trinajstić information content (AvgIpc) is 2.45. The van der Waals surface area contributed by atoms with Crippen LogP contribution in [0.15, 0.2) is 42.5 Å². The maximum Gasteiger partial charge on any atom is 0.305 e. The third kappa shape index (κ3) is 3.61. The Labute approximate surface area is 120 Å². The summed E-state index contributed by atoms with van der Waals surface area (Å²) in [5.41, 5.74) is 0.376. The van der Waals surface area contributed by atoms with Crippen LogP contribution in [0.2, 0.25) is 0 Å². The molecule has 0 aliphatic carbocycles. The van der Waals surface area contributed by atoms with E-state index in [1.807, 2.05) is 6.92 Å². The molecule has 4 nitrogen and oxygen atoms in total. The molecule has 0 aliphatic rings. The Bertz CT molecular complexity index is 662. The minimum atomic E-state index is -0.846. The van der Waals surface area contributed by atoms with Gasteiger partial charge in [-0.2, -0.15) is 4.39 Å². The minimum Gasteiger partial charge on any atom is -0.306 e. The van der Waals surface area contributed by atoms with Crippen molar-refractivity contribution in [1.82, 2.24) is 5.32 Å². The summed E-state index contributed by atoms with van der Waals surface area (Å²) >= 11 is 0. The van der Waals surface area contributed by atoms with E-state index in [1.54, 1.807) is 12.1 Å². The van der Waals surface area contributed by atoms with Crippen LogP contribution in [0.5, 0.6) is 0 Å². The van der Waals surface area contributed by atoms with Gasteiger partial charge in [-0.15, -0.1) is 0 Å². The van der Waals surface area contributed by atoms with Crippen LogP contribution in [0.25, 0.3) is 0 Å². The number of hydrogen-bond acceptors (Lipinski definition) is 3. The lowest BCUT2D eigenvalue weighted by molar-refractivity contribution is -0.387. The second kappa shape index (κ2) is 6.41. The van der Waals surface area contributed by atoms with Crippen molar-refractivity contribution in [3.8, 4) is 0 Å². The van der Waals surface area contributed by atoms with Crippen LogP contribution in [-0.2, 0) is 6.54 Å². The molecule has 0 bridgehead atoms. The average molecular weight is 292 g/mol. The number of nitro groups is 1. The quantitative estimate of drug-likeness (QED) is 0.675. The molecule has 0 saturated carbocycles. The van der Waals surface area contributed by atoms with Gasteiger partial charge in [-0.05, 0) is 24.6 Å². The molecule has 0 fully saturated rings. The minimum absolute atomic E-state index is 0.116. The van der Waals surface area contributed by atoms with E-state index in [9.17, 15) is 18.9 Å². The molecule has 0 radical (unpaired) electrons. The van der Waals surface area contributed by atoms with Crippen LogP contribution in [0.3, 0.4) is 0 Å². The second-order valence-electron chi connectivity index (χ2n) is 4.66. The largest absolute Gasteiger partial charge is 0.306 e. The van der Waals surface area contributed by atoms with Crippen molar-refractivity contribution in [3.05, 3.63) is 75.3 Å². The molecule has 0 aromatic heterocycles. The van der Waals surface area contributed by atoms with Crippen LogP contribution in [0.4, 0.5) is 14.5 Å². The highest BCUT2D eigenvalue weighted by atomic mass is 19.1. The van der Waals surface area contributed by atoms with Crippen LogP contribution < -0.4 is 5.32 Å². The Hall–Kier alpha value is -2.34. The molecular weight excluding hydrogens is 278 g/mol. The smallest absolute Gasteiger partial charge is 0.305 e. The molecule has 21 heavy (non-hydrogen) atoms. The number of nitrogens with zero attached hydrogens (tertiary/aromatic N) is 1. The van der Waals surface area contributed by atoms with Gasteiger partial charge in [0.2, 0.25) is 5.82 Å². The third-order valence-corrected chi connectivity index (χ3v) is 3.20. The molecule has 2 aromatic rings. The zero-order chi connectivity index (χ0) is 15.4. The molecule has 110 valence electrons. The maximum absolute atomic E-state index is 13.9. The van der Waals surface area contributed by atoms with Crippen molar-refractivity contribution in [2.45, 2.75) is 19.5 Å². The van der Waals surface area contributed by atoms with E-state index in [2.05, 4.69) is 5.32 Å². The lowest BCUT2D eigenvalue weighted by Crippen LogP contribution is -2.19. The molecule has 0 spiro atoms. The van der Waals surface area contributed by atoms with Crippen molar-refractivity contribution in [1.29, 1.82) is 0 Å². The van der Waals surface area contributed by atoms with Gasteiger partial charge in [0.1, 0.15) is 5.82 Å². The van der Waals surface area contributed by atoms with E-state index in [0.717, 1.165) is 11.6 Å². The zero-order valence-corrected chi connectivity index (χ0v) is 11.3. The SMILES string of the molecule is C[C@@H](NCc1cccc([N+](=O)[O-])c1F)c1cccc(F)c1. The normalized spacial score (nSPS) is 12.1. The number of hydrogen-bond donors (Lipinski definition) is 1. The molecule has 0 saturated heterocycles. The van der Waals surface area contributed by atoms with Gasteiger partial charge in [0, 0.05) is 24.2 Å². The molecule has 2 rings (SSSR count). The lowest BCUT2D eigenvalue weighted by atomic mass is 10.1. The summed E-state index contributed by atoms with van der Waals surface area (Å²) in [4.78, 5) is 9.92. The number of rotatable bonds is 5. The summed E-state index contributed by atoms with van der Waals surface area (Å²) in [7, 11) is 0. The highest BCUT2D eigenvalue weighted by Gasteiger charge is 2.17. The maximum atomic E-state index is 13.9. The number of halogens is 2. The van der Waals surface area contributed by atoms with Crippen molar-refractivity contribution in [3.63, 3.8) is 0 Å². The lowest BCUT2D eigenvalue weighted by Gasteiger charge is -2.14. The summed E-state index contributed by atoms with van der Waals surface area (Å²) in [5.74, 6) is -1.19. The first-order valence-corrected chi connectivity index (χ1v) is 6.39. The molecular formula is C15H14F2N2O2. The Morgan fingerprint density at radius 1 is 1.24 bits per heavy atom. The molecule has 1 atom stereocenters. The topological polar surface area (TPSA) is 55.2 Å². The van der Waals surface area contributed by atoms with Gasteiger partial charge in [0.05, 0.1) is 4.92 Å². The van der Waals surface area contributed by atoms with Crippen LogP contribution in [-0.4, -0.2) is 4.92 Å². The van der Waals surface area contributed by atoms with Gasteiger partial charge in [-0.1, -0.05) is 24.3 Å². The number of nitrogens with one attached hydrogen (secondary N) is 1. The number of benzene rings is 2. The van der Waals surface area contributed by atoms with Crippen molar-refractivity contribution >= 4 is 5.69 Å². The van der Waals surface area contributed by atoms with E-state index >= 15 is 0 Å². The molecule has 0 amide bonds. The van der Waals surface area contributed by atoms with Crippen LogP contribution >= 0.6 is 0 Å². The molecule has 0 aliphatic heterocycles.